The maximum absolute atomic E-state index is 11.7. The molecule has 0 aliphatic rings. The molecule has 0 spiro atoms. The fourth-order valence-corrected chi connectivity index (χ4v) is 1.99. The van der Waals surface area contributed by atoms with Crippen molar-refractivity contribution in [3.05, 3.63) is 47.8 Å². The van der Waals surface area contributed by atoms with E-state index in [0.717, 1.165) is 0 Å². The van der Waals surface area contributed by atoms with Crippen molar-refractivity contribution in [2.24, 2.45) is 4.99 Å². The largest absolute Gasteiger partial charge is 0.462 e. The number of esters is 1. The van der Waals surface area contributed by atoms with E-state index < -0.39 is 5.97 Å². The highest BCUT2D eigenvalue weighted by molar-refractivity contribution is 6.05. The number of ether oxygens (including phenoxy) is 1. The lowest BCUT2D eigenvalue weighted by atomic mass is 10.1. The molecular formula is C16H18N4O3. The van der Waals surface area contributed by atoms with Crippen LogP contribution in [0.3, 0.4) is 0 Å². The number of rotatable bonds is 4. The van der Waals surface area contributed by atoms with E-state index >= 15 is 0 Å². The highest BCUT2D eigenvalue weighted by Gasteiger charge is 2.13. The number of aliphatic imine (C=N–C) groups is 1. The van der Waals surface area contributed by atoms with E-state index in [4.69, 9.17) is 4.74 Å². The Hall–Kier alpha value is -2.96. The number of hydrogen-bond donors (Lipinski definition) is 1. The van der Waals surface area contributed by atoms with Crippen molar-refractivity contribution in [1.82, 2.24) is 9.78 Å². The average Bonchev–Trinajstić information content (AvgIpc) is 3.03. The van der Waals surface area contributed by atoms with Crippen LogP contribution < -0.4 is 5.32 Å². The van der Waals surface area contributed by atoms with Gasteiger partial charge in [0, 0.05) is 18.8 Å². The first kappa shape index (κ1) is 16.4. The van der Waals surface area contributed by atoms with Crippen LogP contribution in [0.15, 0.2) is 41.7 Å². The first-order valence-corrected chi connectivity index (χ1v) is 7.12. The summed E-state index contributed by atoms with van der Waals surface area (Å²) in [6.45, 7) is 3.53. The van der Waals surface area contributed by atoms with Crippen molar-refractivity contribution in [2.45, 2.75) is 13.8 Å². The van der Waals surface area contributed by atoms with Crippen molar-refractivity contribution >= 4 is 23.4 Å². The van der Waals surface area contributed by atoms with Crippen molar-refractivity contribution < 1.29 is 14.3 Å². The predicted octanol–water partition coefficient (Wildman–Crippen LogP) is 2.21. The Labute approximate surface area is 134 Å². The molecule has 0 fully saturated rings. The van der Waals surface area contributed by atoms with E-state index in [9.17, 15) is 9.59 Å². The molecule has 1 aromatic carbocycles. The van der Waals surface area contributed by atoms with Crippen LogP contribution in [0.25, 0.3) is 0 Å². The van der Waals surface area contributed by atoms with Gasteiger partial charge in [-0.25, -0.2) is 9.48 Å². The standard InChI is InChI=1S/C16H18N4O3/c1-4-23-15(22)12-9-18-20(10-12)16(17-3)19-14-8-6-5-7-13(14)11(2)21/h5-10H,4H2,1-3H3,(H,17,19). The summed E-state index contributed by atoms with van der Waals surface area (Å²) in [5.74, 6) is -0.121. The molecule has 0 amide bonds. The predicted molar refractivity (Wildman–Crippen MR) is 87.0 cm³/mol. The van der Waals surface area contributed by atoms with Crippen LogP contribution in [0.1, 0.15) is 34.6 Å². The van der Waals surface area contributed by atoms with Crippen molar-refractivity contribution in [1.29, 1.82) is 0 Å². The second-order valence-electron chi connectivity index (χ2n) is 4.67. The monoisotopic (exact) mass is 314 g/mol. The molecule has 1 N–H and O–H groups in total. The summed E-state index contributed by atoms with van der Waals surface area (Å²) < 4.78 is 6.35. The maximum Gasteiger partial charge on any atom is 0.341 e. The van der Waals surface area contributed by atoms with E-state index in [2.05, 4.69) is 15.4 Å². The minimum atomic E-state index is -0.446. The molecule has 7 nitrogen and oxygen atoms in total. The number of carbonyl (C=O) groups is 2. The molecule has 1 heterocycles. The number of benzene rings is 1. The average molecular weight is 314 g/mol. The van der Waals surface area contributed by atoms with E-state index in [0.29, 0.717) is 29.4 Å². The number of anilines is 1. The topological polar surface area (TPSA) is 85.6 Å². The zero-order valence-corrected chi connectivity index (χ0v) is 13.2. The molecule has 0 aliphatic carbocycles. The van der Waals surface area contributed by atoms with Gasteiger partial charge in [-0.2, -0.15) is 5.10 Å². The summed E-state index contributed by atoms with van der Waals surface area (Å²) in [5, 5.41) is 7.16. The van der Waals surface area contributed by atoms with Crippen molar-refractivity contribution in [3.63, 3.8) is 0 Å². The number of ketones is 1. The number of para-hydroxylation sites is 1. The Morgan fingerprint density at radius 2 is 2.09 bits per heavy atom. The normalized spacial score (nSPS) is 11.2. The molecule has 0 atom stereocenters. The molecule has 23 heavy (non-hydrogen) atoms. The minimum absolute atomic E-state index is 0.0590. The maximum atomic E-state index is 11.7. The second-order valence-corrected chi connectivity index (χ2v) is 4.67. The summed E-state index contributed by atoms with van der Waals surface area (Å²) >= 11 is 0. The van der Waals surface area contributed by atoms with Crippen LogP contribution >= 0.6 is 0 Å². The van der Waals surface area contributed by atoms with E-state index in [1.807, 2.05) is 6.07 Å². The Kier molecular flexibility index (Phi) is 5.24. The van der Waals surface area contributed by atoms with Gasteiger partial charge in [0.05, 0.1) is 24.1 Å². The third kappa shape index (κ3) is 3.82. The highest BCUT2D eigenvalue weighted by Crippen LogP contribution is 2.16. The van der Waals surface area contributed by atoms with Gasteiger partial charge in [0.15, 0.2) is 5.78 Å². The lowest BCUT2D eigenvalue weighted by Crippen LogP contribution is -2.23. The fourth-order valence-electron chi connectivity index (χ4n) is 1.99. The molecule has 0 unspecified atom stereocenters. The molecular weight excluding hydrogens is 296 g/mol. The number of nitrogens with zero attached hydrogens (tertiary/aromatic N) is 3. The lowest BCUT2D eigenvalue weighted by molar-refractivity contribution is 0.0526. The summed E-state index contributed by atoms with van der Waals surface area (Å²) in [5.41, 5.74) is 1.50. The first-order valence-electron chi connectivity index (χ1n) is 7.12. The smallest absolute Gasteiger partial charge is 0.341 e. The van der Waals surface area contributed by atoms with Crippen molar-refractivity contribution in [3.8, 4) is 0 Å². The minimum Gasteiger partial charge on any atom is -0.462 e. The van der Waals surface area contributed by atoms with Gasteiger partial charge in [0.1, 0.15) is 0 Å². The van der Waals surface area contributed by atoms with E-state index in [-0.39, 0.29) is 5.78 Å². The van der Waals surface area contributed by atoms with Crippen LogP contribution in [0.5, 0.6) is 0 Å². The Morgan fingerprint density at radius 1 is 1.35 bits per heavy atom. The second kappa shape index (κ2) is 7.35. The van der Waals surface area contributed by atoms with Gasteiger partial charge in [-0.3, -0.25) is 9.79 Å². The third-order valence-electron chi connectivity index (χ3n) is 3.08. The molecule has 0 aliphatic heterocycles. The number of nitrogens with one attached hydrogen (secondary N) is 1. The van der Waals surface area contributed by atoms with Gasteiger partial charge >= 0.3 is 5.97 Å². The van der Waals surface area contributed by atoms with Gasteiger partial charge in [-0.1, -0.05) is 12.1 Å². The van der Waals surface area contributed by atoms with Gasteiger partial charge in [-0.05, 0) is 26.0 Å². The van der Waals surface area contributed by atoms with Crippen molar-refractivity contribution in [2.75, 3.05) is 19.0 Å². The quantitative estimate of drug-likeness (QED) is 0.405. The molecule has 2 rings (SSSR count). The van der Waals surface area contributed by atoms with Gasteiger partial charge in [0.25, 0.3) is 0 Å². The molecule has 1 aromatic heterocycles. The SMILES string of the molecule is CCOC(=O)c1cnn(C(=NC)Nc2ccccc2C(C)=O)c1. The fraction of sp³-hybridized carbons (Fsp3) is 0.250. The van der Waals surface area contributed by atoms with Gasteiger partial charge < -0.3 is 10.1 Å². The molecule has 2 aromatic rings. The summed E-state index contributed by atoms with van der Waals surface area (Å²) in [6, 6.07) is 7.11. The Balaban J connectivity index is 2.25. The number of hydrogen-bond acceptors (Lipinski definition) is 5. The van der Waals surface area contributed by atoms with Gasteiger partial charge in [0.2, 0.25) is 5.96 Å². The summed E-state index contributed by atoms with van der Waals surface area (Å²) in [7, 11) is 1.59. The Morgan fingerprint density at radius 3 is 2.74 bits per heavy atom. The third-order valence-corrected chi connectivity index (χ3v) is 3.08. The van der Waals surface area contributed by atoms with Gasteiger partial charge in [-0.15, -0.1) is 0 Å². The number of aromatic nitrogens is 2. The Bertz CT molecular complexity index is 749. The summed E-state index contributed by atoms with van der Waals surface area (Å²) in [6.07, 6.45) is 2.92. The molecule has 0 saturated heterocycles. The van der Waals surface area contributed by atoms with Crippen LogP contribution in [-0.4, -0.2) is 41.1 Å². The number of carbonyl (C=O) groups excluding carboxylic acids is 2. The molecule has 7 heteroatoms. The van der Waals surface area contributed by atoms with E-state index in [1.54, 1.807) is 32.2 Å². The number of Topliss-reactive ketones (excluding diaryl/α,β-unsaturated/α-hetero) is 1. The molecule has 120 valence electrons. The summed E-state index contributed by atoms with van der Waals surface area (Å²) in [4.78, 5) is 27.5. The molecule has 0 bridgehead atoms. The van der Waals surface area contributed by atoms with Crippen LogP contribution in [0.2, 0.25) is 0 Å². The van der Waals surface area contributed by atoms with Crippen LogP contribution in [0.4, 0.5) is 5.69 Å². The zero-order chi connectivity index (χ0) is 16.8. The zero-order valence-electron chi connectivity index (χ0n) is 13.2. The molecule has 0 saturated carbocycles. The highest BCUT2D eigenvalue weighted by atomic mass is 16.5. The lowest BCUT2D eigenvalue weighted by Gasteiger charge is -2.11. The molecule has 0 radical (unpaired) electrons. The first-order chi connectivity index (χ1) is 11.1. The van der Waals surface area contributed by atoms with Crippen LogP contribution in [-0.2, 0) is 4.74 Å². The van der Waals surface area contributed by atoms with Crippen LogP contribution in [0, 0.1) is 0 Å². The van der Waals surface area contributed by atoms with E-state index in [1.165, 1.54) is 24.0 Å².